The van der Waals surface area contributed by atoms with Gasteiger partial charge in [0.2, 0.25) is 0 Å². The summed E-state index contributed by atoms with van der Waals surface area (Å²) in [7, 11) is 0. The first kappa shape index (κ1) is 14.7. The number of benzene rings is 1. The first-order valence-corrected chi connectivity index (χ1v) is 8.37. The average molecular weight is 310 g/mol. The standard InChI is InChI=1S/C18H18N2OS/c1-2-3-5-14-7-9-15(10-8-14)17-13-22-18(19-17)20-11-4-6-16(20)12-21/h4,6-13H,2-3,5H2,1H3. The van der Waals surface area contributed by atoms with Crippen molar-refractivity contribution < 1.29 is 4.79 Å². The Labute approximate surface area is 134 Å². The molecule has 3 nitrogen and oxygen atoms in total. The van der Waals surface area contributed by atoms with Crippen LogP contribution in [0, 0.1) is 0 Å². The third-order valence-corrected chi connectivity index (χ3v) is 4.51. The number of thiazole rings is 1. The predicted molar refractivity (Wildman–Crippen MR) is 90.9 cm³/mol. The molecule has 0 fully saturated rings. The van der Waals surface area contributed by atoms with Gasteiger partial charge in [-0.1, -0.05) is 37.6 Å². The molecule has 0 atom stereocenters. The summed E-state index contributed by atoms with van der Waals surface area (Å²) >= 11 is 1.54. The van der Waals surface area contributed by atoms with Gasteiger partial charge in [0, 0.05) is 17.1 Å². The molecule has 0 spiro atoms. The summed E-state index contributed by atoms with van der Waals surface area (Å²) in [6.07, 6.45) is 6.28. The van der Waals surface area contributed by atoms with Crippen molar-refractivity contribution in [3.8, 4) is 16.4 Å². The van der Waals surface area contributed by atoms with E-state index in [2.05, 4.69) is 36.2 Å². The van der Waals surface area contributed by atoms with Crippen molar-refractivity contribution in [1.82, 2.24) is 9.55 Å². The minimum Gasteiger partial charge on any atom is -0.296 e. The number of aldehydes is 1. The van der Waals surface area contributed by atoms with Gasteiger partial charge in [-0.3, -0.25) is 9.36 Å². The van der Waals surface area contributed by atoms with Crippen molar-refractivity contribution in [3.63, 3.8) is 0 Å². The molecule has 0 aliphatic carbocycles. The minimum atomic E-state index is 0.621. The van der Waals surface area contributed by atoms with E-state index >= 15 is 0 Å². The summed E-state index contributed by atoms with van der Waals surface area (Å²) in [4.78, 5) is 15.7. The van der Waals surface area contributed by atoms with Crippen molar-refractivity contribution >= 4 is 17.6 Å². The summed E-state index contributed by atoms with van der Waals surface area (Å²) in [6, 6.07) is 12.2. The maximum absolute atomic E-state index is 11.0. The largest absolute Gasteiger partial charge is 0.296 e. The maximum Gasteiger partial charge on any atom is 0.194 e. The molecule has 4 heteroatoms. The molecule has 0 aliphatic rings. The smallest absolute Gasteiger partial charge is 0.194 e. The van der Waals surface area contributed by atoms with E-state index in [9.17, 15) is 4.79 Å². The number of unbranched alkanes of at least 4 members (excludes halogenated alkanes) is 1. The lowest BCUT2D eigenvalue weighted by Gasteiger charge is -2.02. The molecule has 2 aromatic heterocycles. The average Bonchev–Trinajstić information content (AvgIpc) is 3.21. The molecule has 22 heavy (non-hydrogen) atoms. The monoisotopic (exact) mass is 310 g/mol. The van der Waals surface area contributed by atoms with Gasteiger partial charge in [0.1, 0.15) is 0 Å². The van der Waals surface area contributed by atoms with E-state index in [4.69, 9.17) is 0 Å². The molecular formula is C18H18N2OS. The molecule has 0 amide bonds. The topological polar surface area (TPSA) is 34.9 Å². The zero-order valence-corrected chi connectivity index (χ0v) is 13.3. The third kappa shape index (κ3) is 3.02. The summed E-state index contributed by atoms with van der Waals surface area (Å²) in [6.45, 7) is 2.21. The van der Waals surface area contributed by atoms with Gasteiger partial charge in [-0.05, 0) is 30.5 Å². The van der Waals surface area contributed by atoms with Crippen molar-refractivity contribution in [2.24, 2.45) is 0 Å². The van der Waals surface area contributed by atoms with Crippen LogP contribution in [0.1, 0.15) is 35.8 Å². The summed E-state index contributed by atoms with van der Waals surface area (Å²) in [5.74, 6) is 0. The van der Waals surface area contributed by atoms with Crippen molar-refractivity contribution in [2.45, 2.75) is 26.2 Å². The Bertz CT molecular complexity index is 756. The van der Waals surface area contributed by atoms with Crippen LogP contribution in [-0.2, 0) is 6.42 Å². The predicted octanol–water partition coefficient (Wildman–Crippen LogP) is 4.76. The van der Waals surface area contributed by atoms with Gasteiger partial charge in [-0.15, -0.1) is 11.3 Å². The zero-order chi connectivity index (χ0) is 15.4. The van der Waals surface area contributed by atoms with E-state index in [-0.39, 0.29) is 0 Å². The normalized spacial score (nSPS) is 10.8. The van der Waals surface area contributed by atoms with E-state index in [0.717, 1.165) is 29.1 Å². The van der Waals surface area contributed by atoms with E-state index in [1.807, 2.05) is 22.2 Å². The Kier molecular flexibility index (Phi) is 4.49. The molecule has 3 rings (SSSR count). The van der Waals surface area contributed by atoms with Gasteiger partial charge in [-0.2, -0.15) is 0 Å². The number of carbonyl (C=O) groups is 1. The van der Waals surface area contributed by atoms with E-state index in [1.54, 1.807) is 17.4 Å². The van der Waals surface area contributed by atoms with Gasteiger partial charge >= 0.3 is 0 Å². The number of hydrogen-bond acceptors (Lipinski definition) is 3. The lowest BCUT2D eigenvalue weighted by Crippen LogP contribution is -1.96. The minimum absolute atomic E-state index is 0.621. The SMILES string of the molecule is CCCCc1ccc(-c2csc(-n3cccc3C=O)n2)cc1. The van der Waals surface area contributed by atoms with Crippen molar-refractivity contribution in [1.29, 1.82) is 0 Å². The molecule has 2 heterocycles. The fourth-order valence-corrected chi connectivity index (χ4v) is 3.23. The molecular weight excluding hydrogens is 292 g/mol. The molecule has 0 saturated heterocycles. The van der Waals surface area contributed by atoms with Gasteiger partial charge in [0.15, 0.2) is 11.4 Å². The number of carbonyl (C=O) groups excluding carboxylic acids is 1. The molecule has 112 valence electrons. The zero-order valence-electron chi connectivity index (χ0n) is 12.5. The fraction of sp³-hybridized carbons (Fsp3) is 0.222. The highest BCUT2D eigenvalue weighted by atomic mass is 32.1. The highest BCUT2D eigenvalue weighted by Gasteiger charge is 2.08. The van der Waals surface area contributed by atoms with Crippen molar-refractivity contribution in [3.05, 3.63) is 59.2 Å². The van der Waals surface area contributed by atoms with Crippen LogP contribution in [0.25, 0.3) is 16.4 Å². The first-order valence-electron chi connectivity index (χ1n) is 7.49. The second-order valence-electron chi connectivity index (χ2n) is 5.24. The van der Waals surface area contributed by atoms with Crippen LogP contribution >= 0.6 is 11.3 Å². The highest BCUT2D eigenvalue weighted by Crippen LogP contribution is 2.25. The highest BCUT2D eigenvalue weighted by molar-refractivity contribution is 7.12. The van der Waals surface area contributed by atoms with Crippen LogP contribution < -0.4 is 0 Å². The van der Waals surface area contributed by atoms with Crippen LogP contribution in [0.2, 0.25) is 0 Å². The third-order valence-electron chi connectivity index (χ3n) is 3.67. The Morgan fingerprint density at radius 1 is 1.23 bits per heavy atom. The summed E-state index contributed by atoms with van der Waals surface area (Å²) in [5, 5.41) is 2.85. The van der Waals surface area contributed by atoms with Crippen LogP contribution in [-0.4, -0.2) is 15.8 Å². The second-order valence-corrected chi connectivity index (χ2v) is 6.07. The summed E-state index contributed by atoms with van der Waals surface area (Å²) < 4.78 is 1.82. The molecule has 1 aromatic carbocycles. The first-order chi connectivity index (χ1) is 10.8. The Balaban J connectivity index is 1.83. The molecule has 0 bridgehead atoms. The second kappa shape index (κ2) is 6.71. The van der Waals surface area contributed by atoms with Crippen LogP contribution in [0.15, 0.2) is 48.0 Å². The van der Waals surface area contributed by atoms with Crippen LogP contribution in [0.5, 0.6) is 0 Å². The summed E-state index contributed by atoms with van der Waals surface area (Å²) in [5.41, 5.74) is 4.06. The van der Waals surface area contributed by atoms with E-state index < -0.39 is 0 Å². The Morgan fingerprint density at radius 2 is 2.05 bits per heavy atom. The molecule has 0 N–H and O–H groups in total. The quantitative estimate of drug-likeness (QED) is 0.615. The van der Waals surface area contributed by atoms with Gasteiger partial charge in [0.05, 0.1) is 11.4 Å². The van der Waals surface area contributed by atoms with Gasteiger partial charge in [-0.25, -0.2) is 4.98 Å². The fourth-order valence-electron chi connectivity index (χ4n) is 2.39. The van der Waals surface area contributed by atoms with Gasteiger partial charge in [0.25, 0.3) is 0 Å². The van der Waals surface area contributed by atoms with Crippen molar-refractivity contribution in [2.75, 3.05) is 0 Å². The number of hydrogen-bond donors (Lipinski definition) is 0. The Morgan fingerprint density at radius 3 is 2.77 bits per heavy atom. The van der Waals surface area contributed by atoms with Crippen LogP contribution in [0.4, 0.5) is 0 Å². The number of aryl methyl sites for hydroxylation is 1. The molecule has 0 radical (unpaired) electrons. The molecule has 0 saturated carbocycles. The van der Waals surface area contributed by atoms with E-state index in [1.165, 1.54) is 18.4 Å². The lowest BCUT2D eigenvalue weighted by atomic mass is 10.1. The van der Waals surface area contributed by atoms with Gasteiger partial charge < -0.3 is 0 Å². The molecule has 0 aliphatic heterocycles. The maximum atomic E-state index is 11.0. The number of aromatic nitrogens is 2. The Hall–Kier alpha value is -2.20. The number of rotatable bonds is 6. The lowest BCUT2D eigenvalue weighted by molar-refractivity contribution is 0.111. The van der Waals surface area contributed by atoms with Crippen LogP contribution in [0.3, 0.4) is 0 Å². The molecule has 3 aromatic rings. The number of nitrogens with zero attached hydrogens (tertiary/aromatic N) is 2. The molecule has 0 unspecified atom stereocenters. The van der Waals surface area contributed by atoms with E-state index in [0.29, 0.717) is 5.69 Å².